The van der Waals surface area contributed by atoms with Gasteiger partial charge >= 0.3 is 0 Å². The van der Waals surface area contributed by atoms with Crippen molar-refractivity contribution in [2.24, 2.45) is 10.9 Å². The van der Waals surface area contributed by atoms with Crippen molar-refractivity contribution in [3.8, 4) is 0 Å². The lowest BCUT2D eigenvalue weighted by Gasteiger charge is -2.31. The number of oxime groups is 1. The fourth-order valence-corrected chi connectivity index (χ4v) is 2.79. The number of nitrogens with zero attached hydrogens (tertiary/aromatic N) is 2. The minimum atomic E-state index is -0.00358. The summed E-state index contributed by atoms with van der Waals surface area (Å²) in [5.74, 6) is 0.219. The summed E-state index contributed by atoms with van der Waals surface area (Å²) in [5, 5.41) is 18.3. The molecule has 1 aromatic heterocycles. The number of piperidine rings is 1. The van der Waals surface area contributed by atoms with E-state index in [1.54, 1.807) is 0 Å². The summed E-state index contributed by atoms with van der Waals surface area (Å²) in [5.41, 5.74) is 6.20. The van der Waals surface area contributed by atoms with Gasteiger partial charge in [-0.15, -0.1) is 0 Å². The maximum atomic E-state index is 11.9. The van der Waals surface area contributed by atoms with Crippen LogP contribution in [0, 0.1) is 0 Å². The van der Waals surface area contributed by atoms with E-state index in [-0.39, 0.29) is 17.8 Å². The van der Waals surface area contributed by atoms with Gasteiger partial charge in [0.25, 0.3) is 5.91 Å². The molecule has 0 spiro atoms. The van der Waals surface area contributed by atoms with Crippen molar-refractivity contribution < 1.29 is 10.0 Å². The van der Waals surface area contributed by atoms with Crippen molar-refractivity contribution in [2.75, 3.05) is 19.6 Å². The molecule has 0 radical (unpaired) electrons. The summed E-state index contributed by atoms with van der Waals surface area (Å²) < 4.78 is 0. The highest BCUT2D eigenvalue weighted by Crippen LogP contribution is 2.12. The number of rotatable bonds is 4. The molecule has 2 rings (SSSR count). The van der Waals surface area contributed by atoms with Crippen molar-refractivity contribution in [3.05, 3.63) is 22.4 Å². The largest absolute Gasteiger partial charge is 0.409 e. The van der Waals surface area contributed by atoms with Crippen LogP contribution in [0.15, 0.2) is 22.0 Å². The standard InChI is InChI=1S/C12H18N4O2S/c13-11(15-18)7-16-4-1-10(2-5-16)14-12(17)9-3-6-19-8-9/h3,6,8,10,18H,1-2,4-5,7H2,(H2,13,15)(H,14,17). The monoisotopic (exact) mass is 282 g/mol. The molecule has 1 aliphatic heterocycles. The predicted octanol–water partition coefficient (Wildman–Crippen LogP) is 0.689. The maximum Gasteiger partial charge on any atom is 0.252 e. The predicted molar refractivity (Wildman–Crippen MR) is 74.7 cm³/mol. The molecule has 0 bridgehead atoms. The molecule has 0 aliphatic carbocycles. The molecule has 0 unspecified atom stereocenters. The Bertz CT molecular complexity index is 439. The Morgan fingerprint density at radius 1 is 1.58 bits per heavy atom. The molecule has 0 aromatic carbocycles. The average molecular weight is 282 g/mol. The van der Waals surface area contributed by atoms with Gasteiger partial charge in [-0.05, 0) is 24.3 Å². The van der Waals surface area contributed by atoms with Gasteiger partial charge in [-0.1, -0.05) is 5.16 Å². The summed E-state index contributed by atoms with van der Waals surface area (Å²) in [6.07, 6.45) is 1.77. The van der Waals surface area contributed by atoms with Crippen LogP contribution in [0.1, 0.15) is 23.2 Å². The van der Waals surface area contributed by atoms with Crippen molar-refractivity contribution in [1.82, 2.24) is 10.2 Å². The first-order chi connectivity index (χ1) is 9.19. The third-order valence-corrected chi connectivity index (χ3v) is 3.90. The summed E-state index contributed by atoms with van der Waals surface area (Å²) >= 11 is 1.52. The van der Waals surface area contributed by atoms with Crippen LogP contribution in [0.25, 0.3) is 0 Å². The van der Waals surface area contributed by atoms with Crippen molar-refractivity contribution in [3.63, 3.8) is 0 Å². The second-order valence-corrected chi connectivity index (χ2v) is 5.41. The van der Waals surface area contributed by atoms with Gasteiger partial charge in [-0.3, -0.25) is 9.69 Å². The molecule has 7 heteroatoms. The van der Waals surface area contributed by atoms with Crippen molar-refractivity contribution >= 4 is 23.1 Å². The first kappa shape index (κ1) is 13.8. The van der Waals surface area contributed by atoms with E-state index in [9.17, 15) is 4.79 Å². The minimum Gasteiger partial charge on any atom is -0.409 e. The fraction of sp³-hybridized carbons (Fsp3) is 0.500. The first-order valence-corrected chi connectivity index (χ1v) is 7.15. The lowest BCUT2D eigenvalue weighted by molar-refractivity contribution is 0.0915. The van der Waals surface area contributed by atoms with Gasteiger partial charge in [-0.25, -0.2) is 0 Å². The lowest BCUT2D eigenvalue weighted by atomic mass is 10.0. The molecule has 104 valence electrons. The molecule has 1 fully saturated rings. The molecule has 1 aliphatic rings. The molecule has 4 N–H and O–H groups in total. The molecule has 19 heavy (non-hydrogen) atoms. The van der Waals surface area contributed by atoms with Gasteiger partial charge in [0.05, 0.1) is 6.54 Å². The number of carbonyl (C=O) groups excluding carboxylic acids is 1. The molecular formula is C12H18N4O2S. The Morgan fingerprint density at radius 3 is 2.89 bits per heavy atom. The van der Waals surface area contributed by atoms with Crippen LogP contribution in [0.4, 0.5) is 0 Å². The van der Waals surface area contributed by atoms with Crippen LogP contribution in [0.5, 0.6) is 0 Å². The average Bonchev–Trinajstić information content (AvgIpc) is 2.95. The summed E-state index contributed by atoms with van der Waals surface area (Å²) in [7, 11) is 0. The van der Waals surface area contributed by atoms with Gasteiger partial charge in [0.1, 0.15) is 0 Å². The zero-order valence-electron chi connectivity index (χ0n) is 10.6. The second kappa shape index (κ2) is 6.53. The Labute approximate surface area is 115 Å². The van der Waals surface area contributed by atoms with E-state index in [1.807, 2.05) is 16.8 Å². The Morgan fingerprint density at radius 2 is 2.32 bits per heavy atom. The summed E-state index contributed by atoms with van der Waals surface area (Å²) in [6.45, 7) is 2.15. The van der Waals surface area contributed by atoms with Crippen LogP contribution in [0.3, 0.4) is 0 Å². The Kier molecular flexibility index (Phi) is 4.75. The van der Waals surface area contributed by atoms with Gasteiger partial charge in [0.2, 0.25) is 0 Å². The summed E-state index contributed by atoms with van der Waals surface area (Å²) in [6, 6.07) is 2.03. The van der Waals surface area contributed by atoms with Gasteiger partial charge in [-0.2, -0.15) is 11.3 Å². The molecule has 1 aromatic rings. The molecule has 1 amide bonds. The van der Waals surface area contributed by atoms with Gasteiger partial charge in [0.15, 0.2) is 5.84 Å². The van der Waals surface area contributed by atoms with E-state index in [2.05, 4.69) is 15.4 Å². The number of thiophene rings is 1. The number of amides is 1. The highest BCUT2D eigenvalue weighted by molar-refractivity contribution is 7.08. The van der Waals surface area contributed by atoms with Crippen LogP contribution in [-0.4, -0.2) is 47.5 Å². The third kappa shape index (κ3) is 3.93. The number of nitrogens with one attached hydrogen (secondary N) is 1. The minimum absolute atomic E-state index is 0.00358. The van der Waals surface area contributed by atoms with E-state index in [1.165, 1.54) is 11.3 Å². The van der Waals surface area contributed by atoms with Crippen LogP contribution >= 0.6 is 11.3 Å². The van der Waals surface area contributed by atoms with E-state index in [0.29, 0.717) is 6.54 Å². The zero-order chi connectivity index (χ0) is 13.7. The molecular weight excluding hydrogens is 264 g/mol. The number of amidine groups is 1. The highest BCUT2D eigenvalue weighted by Gasteiger charge is 2.21. The zero-order valence-corrected chi connectivity index (χ0v) is 11.4. The summed E-state index contributed by atoms with van der Waals surface area (Å²) in [4.78, 5) is 14.0. The van der Waals surface area contributed by atoms with Crippen LogP contribution in [-0.2, 0) is 0 Å². The van der Waals surface area contributed by atoms with Crippen LogP contribution < -0.4 is 11.1 Å². The molecule has 6 nitrogen and oxygen atoms in total. The first-order valence-electron chi connectivity index (χ1n) is 6.21. The topological polar surface area (TPSA) is 91.0 Å². The number of carbonyl (C=O) groups is 1. The number of likely N-dealkylation sites (tertiary alicyclic amines) is 1. The lowest BCUT2D eigenvalue weighted by Crippen LogP contribution is -2.46. The van der Waals surface area contributed by atoms with Crippen LogP contribution in [0.2, 0.25) is 0 Å². The molecule has 0 atom stereocenters. The normalized spacial score (nSPS) is 18.4. The number of nitrogens with two attached hydrogens (primary N) is 1. The molecule has 2 heterocycles. The quantitative estimate of drug-likeness (QED) is 0.328. The Hall–Kier alpha value is -1.60. The van der Waals surface area contributed by atoms with Gasteiger partial charge in [0, 0.05) is 30.1 Å². The molecule has 1 saturated heterocycles. The van der Waals surface area contributed by atoms with E-state index in [0.717, 1.165) is 31.5 Å². The number of hydrogen-bond donors (Lipinski definition) is 3. The number of hydrogen-bond acceptors (Lipinski definition) is 5. The second-order valence-electron chi connectivity index (χ2n) is 4.63. The van der Waals surface area contributed by atoms with Crippen molar-refractivity contribution in [2.45, 2.75) is 18.9 Å². The third-order valence-electron chi connectivity index (χ3n) is 3.22. The smallest absolute Gasteiger partial charge is 0.252 e. The molecule has 0 saturated carbocycles. The van der Waals surface area contributed by atoms with E-state index >= 15 is 0 Å². The van der Waals surface area contributed by atoms with E-state index < -0.39 is 0 Å². The Balaban J connectivity index is 1.76. The SMILES string of the molecule is NC(CN1CCC(NC(=O)c2ccsc2)CC1)=NO. The van der Waals surface area contributed by atoms with Crippen molar-refractivity contribution in [1.29, 1.82) is 0 Å². The highest BCUT2D eigenvalue weighted by atomic mass is 32.1. The van der Waals surface area contributed by atoms with E-state index in [4.69, 9.17) is 10.9 Å². The van der Waals surface area contributed by atoms with Gasteiger partial charge < -0.3 is 16.3 Å². The maximum absolute atomic E-state index is 11.9. The fourth-order valence-electron chi connectivity index (χ4n) is 2.16.